The molecule has 0 saturated carbocycles. The Bertz CT molecular complexity index is 1270. The Balaban J connectivity index is 1.57. The Kier molecular flexibility index (Phi) is 8.21. The number of carboxylic acid groups (broad SMARTS) is 1. The summed E-state index contributed by atoms with van der Waals surface area (Å²) in [4.78, 5) is 40.5. The fraction of sp³-hybridized carbons (Fsp3) is 0.542. The lowest BCUT2D eigenvalue weighted by molar-refractivity contribution is -0.163. The quantitative estimate of drug-likeness (QED) is 0.248. The number of nitrogens with zero attached hydrogens (tertiary/aromatic N) is 2. The number of aliphatic hydroxyl groups is 1. The van der Waals surface area contributed by atoms with Gasteiger partial charge in [0, 0.05) is 54.4 Å². The van der Waals surface area contributed by atoms with E-state index in [2.05, 4.69) is 14.9 Å². The third kappa shape index (κ3) is 5.75. The maximum atomic E-state index is 12.7. The van der Waals surface area contributed by atoms with Crippen LogP contribution in [0.2, 0.25) is 0 Å². The molecule has 14 heteroatoms. The Labute approximate surface area is 225 Å². The number of rotatable bonds is 10. The van der Waals surface area contributed by atoms with Crippen molar-refractivity contribution in [2.24, 2.45) is 17.0 Å². The van der Waals surface area contributed by atoms with E-state index in [-0.39, 0.29) is 41.3 Å². The van der Waals surface area contributed by atoms with Crippen molar-refractivity contribution >= 4 is 45.4 Å². The van der Waals surface area contributed by atoms with Gasteiger partial charge in [-0.15, -0.1) is 11.8 Å². The van der Waals surface area contributed by atoms with Crippen LogP contribution in [0.5, 0.6) is 0 Å². The summed E-state index contributed by atoms with van der Waals surface area (Å²) in [7, 11) is -3.92. The molecule has 0 bridgehead atoms. The molecule has 2 amide bonds. The molecule has 0 aliphatic carbocycles. The molecule has 3 aliphatic heterocycles. The molecule has 0 aromatic heterocycles. The van der Waals surface area contributed by atoms with Crippen molar-refractivity contribution in [3.63, 3.8) is 0 Å². The molecule has 0 spiro atoms. The minimum Gasteiger partial charge on any atom is -0.477 e. The molecule has 208 valence electrons. The topological polar surface area (TPSA) is 182 Å². The third-order valence-electron chi connectivity index (χ3n) is 7.32. The van der Waals surface area contributed by atoms with Crippen LogP contribution in [-0.2, 0) is 31.1 Å². The molecule has 12 nitrogen and oxygen atoms in total. The number of benzene rings is 1. The number of aliphatic hydroxyl groups excluding tert-OH is 1. The van der Waals surface area contributed by atoms with Crippen molar-refractivity contribution in [2.75, 3.05) is 18.4 Å². The van der Waals surface area contributed by atoms with Crippen LogP contribution < -0.4 is 15.2 Å². The highest BCUT2D eigenvalue weighted by molar-refractivity contribution is 8.03. The van der Waals surface area contributed by atoms with E-state index < -0.39 is 34.2 Å². The van der Waals surface area contributed by atoms with E-state index in [9.17, 15) is 33.0 Å². The average Bonchev–Trinajstić information content (AvgIpc) is 3.29. The van der Waals surface area contributed by atoms with Gasteiger partial charge in [0.05, 0.1) is 18.1 Å². The number of carbonyl (C=O) groups is 3. The zero-order valence-electron chi connectivity index (χ0n) is 21.3. The first-order chi connectivity index (χ1) is 17.8. The van der Waals surface area contributed by atoms with Crippen molar-refractivity contribution < 1.29 is 33.0 Å². The minimum absolute atomic E-state index is 0.0388. The van der Waals surface area contributed by atoms with Gasteiger partial charge < -0.3 is 20.4 Å². The number of nitrogens with one attached hydrogen (secondary N) is 2. The second-order valence-corrected chi connectivity index (χ2v) is 12.8. The first-order valence-electron chi connectivity index (χ1n) is 12.3. The van der Waals surface area contributed by atoms with Crippen LogP contribution in [0.15, 0.2) is 34.9 Å². The molecule has 4 rings (SSSR count). The predicted molar refractivity (Wildman–Crippen MR) is 142 cm³/mol. The van der Waals surface area contributed by atoms with E-state index in [0.717, 1.165) is 5.56 Å². The number of carboxylic acids is 1. The lowest BCUT2D eigenvalue weighted by atomic mass is 9.79. The number of hydrogen-bond donors (Lipinski definition) is 5. The molecule has 1 aromatic carbocycles. The van der Waals surface area contributed by atoms with E-state index in [1.54, 1.807) is 6.07 Å². The van der Waals surface area contributed by atoms with Crippen molar-refractivity contribution in [3.05, 3.63) is 40.4 Å². The van der Waals surface area contributed by atoms with Gasteiger partial charge in [-0.25, -0.2) is 14.7 Å². The first kappa shape index (κ1) is 28.5. The maximum absolute atomic E-state index is 12.7. The second kappa shape index (κ2) is 10.9. The molecule has 0 unspecified atom stereocenters. The number of β-lactam (4-membered cyclic amide) rings is 1. The van der Waals surface area contributed by atoms with E-state index in [0.29, 0.717) is 30.1 Å². The normalized spacial score (nSPS) is 28.3. The molecule has 38 heavy (non-hydrogen) atoms. The van der Waals surface area contributed by atoms with E-state index in [1.165, 1.54) is 30.5 Å². The van der Waals surface area contributed by atoms with Crippen LogP contribution in [0, 0.1) is 11.8 Å². The molecule has 3 aliphatic rings. The lowest BCUT2D eigenvalue weighted by Gasteiger charge is -2.46. The lowest BCUT2D eigenvalue weighted by Crippen LogP contribution is -2.63. The molecule has 1 aromatic rings. The van der Waals surface area contributed by atoms with Crippen LogP contribution in [-0.4, -0.2) is 82.7 Å². The van der Waals surface area contributed by atoms with Crippen LogP contribution >= 0.6 is 11.8 Å². The number of carbonyl (C=O) groups excluding carboxylic acids is 2. The summed E-state index contributed by atoms with van der Waals surface area (Å²) >= 11 is 1.39. The summed E-state index contributed by atoms with van der Waals surface area (Å²) < 4.78 is 25.6. The molecule has 0 radical (unpaired) electrons. The van der Waals surface area contributed by atoms with Crippen LogP contribution in [0.1, 0.15) is 32.8 Å². The summed E-state index contributed by atoms with van der Waals surface area (Å²) in [6.45, 7) is 5.82. The van der Waals surface area contributed by atoms with Crippen LogP contribution in [0.25, 0.3) is 0 Å². The van der Waals surface area contributed by atoms with Crippen molar-refractivity contribution in [1.82, 2.24) is 14.5 Å². The number of fused-ring (bicyclic) bond motifs is 1. The van der Waals surface area contributed by atoms with Crippen LogP contribution in [0.3, 0.4) is 0 Å². The van der Waals surface area contributed by atoms with E-state index in [4.69, 9.17) is 5.14 Å². The third-order valence-corrected chi connectivity index (χ3v) is 9.38. The second-order valence-electron chi connectivity index (χ2n) is 10.1. The molecule has 3 heterocycles. The minimum atomic E-state index is -3.92. The largest absolute Gasteiger partial charge is 0.477 e. The highest BCUT2D eigenvalue weighted by Crippen LogP contribution is 2.52. The summed E-state index contributed by atoms with van der Waals surface area (Å²) in [6, 6.07) is 6.69. The zero-order valence-corrected chi connectivity index (χ0v) is 23.0. The van der Waals surface area contributed by atoms with Gasteiger partial charge in [-0.3, -0.25) is 14.5 Å². The Morgan fingerprint density at radius 2 is 1.97 bits per heavy atom. The summed E-state index contributed by atoms with van der Waals surface area (Å²) in [5, 5.41) is 27.9. The van der Waals surface area contributed by atoms with Crippen LogP contribution in [0.4, 0.5) is 5.69 Å². The van der Waals surface area contributed by atoms with Gasteiger partial charge in [-0.1, -0.05) is 25.1 Å². The van der Waals surface area contributed by atoms with Crippen molar-refractivity contribution in [2.45, 2.75) is 57.2 Å². The molecular formula is C24H33N5O7S2. The Morgan fingerprint density at radius 1 is 1.29 bits per heavy atom. The van der Waals surface area contributed by atoms with Crippen molar-refractivity contribution in [3.8, 4) is 0 Å². The van der Waals surface area contributed by atoms with Gasteiger partial charge >= 0.3 is 5.97 Å². The summed E-state index contributed by atoms with van der Waals surface area (Å²) in [6.07, 6.45) is -0.346. The van der Waals surface area contributed by atoms with Gasteiger partial charge in [0.25, 0.3) is 10.2 Å². The number of nitrogens with two attached hydrogens (primary N) is 1. The average molecular weight is 568 g/mol. The Morgan fingerprint density at radius 3 is 2.58 bits per heavy atom. The highest BCUT2D eigenvalue weighted by atomic mass is 32.2. The van der Waals surface area contributed by atoms with E-state index >= 15 is 0 Å². The van der Waals surface area contributed by atoms with Gasteiger partial charge in [0.1, 0.15) is 5.70 Å². The molecule has 6 N–H and O–H groups in total. The summed E-state index contributed by atoms with van der Waals surface area (Å²) in [5.41, 5.74) is 1.47. The molecule has 2 fully saturated rings. The standard InChI is InChI=1S/C24H33N5O7S2/c1-12-20-19(13(2)30)23(32)29(20)21(24(33)34)22(12)37-17-8-16(9-26-38(25,35)36)28(11-17)10-15-6-4-5-7-18(15)27-14(3)31/h4-7,12-13,16-17,19-20,26,30H,8-11H2,1-3H3,(H,27,31)(H,33,34)(H2,25,35,36)/t12-,13-,16+,17+,19-,20-/m1/s1. The first-order valence-corrected chi connectivity index (χ1v) is 14.7. The van der Waals surface area contributed by atoms with Gasteiger partial charge in [-0.2, -0.15) is 8.42 Å². The zero-order chi connectivity index (χ0) is 27.9. The number of amides is 2. The number of anilines is 1. The van der Waals surface area contributed by atoms with Gasteiger partial charge in [-0.05, 0) is 25.0 Å². The Hall–Kier alpha value is -2.49. The maximum Gasteiger partial charge on any atom is 0.353 e. The summed E-state index contributed by atoms with van der Waals surface area (Å²) in [5.74, 6) is -2.69. The fourth-order valence-corrected chi connectivity index (χ4v) is 7.71. The fourth-order valence-electron chi connectivity index (χ4n) is 5.69. The molecule has 2 saturated heterocycles. The van der Waals surface area contributed by atoms with Gasteiger partial charge in [0.2, 0.25) is 11.8 Å². The smallest absolute Gasteiger partial charge is 0.353 e. The number of likely N-dealkylation sites (tertiary alicyclic amines) is 1. The SMILES string of the molecule is CC(=O)Nc1ccccc1CN1C[C@@H](SC2=C(C(=O)O)N3C(=O)[C@H]([C@@H](C)O)[C@H]3[C@H]2C)C[C@H]1CNS(N)(=O)=O. The number of para-hydroxylation sites is 1. The predicted octanol–water partition coefficient (Wildman–Crippen LogP) is 0.268. The van der Waals surface area contributed by atoms with Crippen molar-refractivity contribution in [1.29, 1.82) is 0 Å². The van der Waals surface area contributed by atoms with E-state index in [1.807, 2.05) is 25.1 Å². The number of hydrogen-bond acceptors (Lipinski definition) is 8. The molecular weight excluding hydrogens is 534 g/mol. The highest BCUT2D eigenvalue weighted by Gasteiger charge is 2.60. The monoisotopic (exact) mass is 567 g/mol. The molecule has 6 atom stereocenters. The number of thioether (sulfide) groups is 1. The number of aliphatic carboxylic acids is 1. The van der Waals surface area contributed by atoms with Gasteiger partial charge in [0.15, 0.2) is 0 Å².